The molecule has 0 saturated carbocycles. The first-order valence-electron chi connectivity index (χ1n) is 17.6. The van der Waals surface area contributed by atoms with E-state index in [9.17, 15) is 24.3 Å². The van der Waals surface area contributed by atoms with Crippen LogP contribution in [0.2, 0.25) is 0 Å². The molecule has 0 fully saturated rings. The number of hydrogen-bond donors (Lipinski definition) is 3. The average Bonchev–Trinajstić information content (AvgIpc) is 3.59. The van der Waals surface area contributed by atoms with Crippen LogP contribution in [0.15, 0.2) is 66.7 Å². The molecule has 15 heteroatoms. The SMILES string of the molecule is CCCC(=O)OCN(C(=O)C(CO)c1cccc(CNC(=O)OC(C)(C)C)c1)c1nnc(CCCCc2ccc(NC(=O)Cc3ccccc3)nn2)s1. The van der Waals surface area contributed by atoms with E-state index in [0.29, 0.717) is 41.2 Å². The summed E-state index contributed by atoms with van der Waals surface area (Å²) in [4.78, 5) is 52.0. The highest BCUT2D eigenvalue weighted by Gasteiger charge is 2.30. The minimum Gasteiger partial charge on any atom is -0.444 e. The Morgan fingerprint density at radius 2 is 1.66 bits per heavy atom. The predicted molar refractivity (Wildman–Crippen MR) is 200 cm³/mol. The lowest BCUT2D eigenvalue weighted by Gasteiger charge is -2.24. The monoisotopic (exact) mass is 745 g/mol. The number of benzene rings is 2. The van der Waals surface area contributed by atoms with Crippen LogP contribution in [0.1, 0.15) is 86.7 Å². The Morgan fingerprint density at radius 1 is 0.906 bits per heavy atom. The zero-order chi connectivity index (χ0) is 38.2. The molecular formula is C38H47N7O7S. The van der Waals surface area contributed by atoms with Gasteiger partial charge in [0, 0.05) is 19.4 Å². The van der Waals surface area contributed by atoms with Gasteiger partial charge in [-0.15, -0.1) is 15.3 Å². The fourth-order valence-electron chi connectivity index (χ4n) is 5.11. The molecule has 0 aliphatic rings. The Bertz CT molecular complexity index is 1800. The lowest BCUT2D eigenvalue weighted by atomic mass is 9.96. The Kier molecular flexibility index (Phi) is 15.3. The van der Waals surface area contributed by atoms with Gasteiger partial charge in [0.2, 0.25) is 16.9 Å². The van der Waals surface area contributed by atoms with Crippen LogP contribution in [0.5, 0.6) is 0 Å². The molecule has 0 aliphatic heterocycles. The highest BCUT2D eigenvalue weighted by molar-refractivity contribution is 7.15. The third-order valence-electron chi connectivity index (χ3n) is 7.70. The molecular weight excluding hydrogens is 699 g/mol. The van der Waals surface area contributed by atoms with Gasteiger partial charge in [-0.3, -0.25) is 19.3 Å². The van der Waals surface area contributed by atoms with Crippen LogP contribution < -0.4 is 15.5 Å². The number of carbonyl (C=O) groups excluding carboxylic acids is 4. The molecule has 0 bridgehead atoms. The van der Waals surface area contributed by atoms with E-state index in [0.717, 1.165) is 24.1 Å². The molecule has 0 saturated heterocycles. The Labute approximate surface area is 313 Å². The first kappa shape index (κ1) is 40.5. The Hall–Kier alpha value is -5.28. The number of anilines is 2. The predicted octanol–water partition coefficient (Wildman–Crippen LogP) is 5.51. The van der Waals surface area contributed by atoms with Crippen molar-refractivity contribution >= 4 is 46.2 Å². The van der Waals surface area contributed by atoms with Gasteiger partial charge < -0.3 is 25.2 Å². The summed E-state index contributed by atoms with van der Waals surface area (Å²) in [5.74, 6) is -1.76. The molecule has 282 valence electrons. The molecule has 2 aromatic heterocycles. The molecule has 1 unspecified atom stereocenters. The lowest BCUT2D eigenvalue weighted by Crippen LogP contribution is -2.39. The van der Waals surface area contributed by atoms with Crippen LogP contribution in [-0.2, 0) is 49.7 Å². The van der Waals surface area contributed by atoms with Crippen molar-refractivity contribution in [3.05, 3.63) is 94.1 Å². The number of nitrogens with zero attached hydrogens (tertiary/aromatic N) is 5. The molecule has 0 radical (unpaired) electrons. The fraction of sp³-hybridized carbons (Fsp3) is 0.421. The second kappa shape index (κ2) is 20.1. The van der Waals surface area contributed by atoms with Crippen molar-refractivity contribution in [3.63, 3.8) is 0 Å². The van der Waals surface area contributed by atoms with Crippen LogP contribution in [0, 0.1) is 0 Å². The molecule has 0 aliphatic carbocycles. The number of rotatable bonds is 18. The number of carbonyl (C=O) groups is 4. The Morgan fingerprint density at radius 3 is 2.36 bits per heavy atom. The highest BCUT2D eigenvalue weighted by atomic mass is 32.1. The van der Waals surface area contributed by atoms with E-state index in [1.165, 1.54) is 16.2 Å². The van der Waals surface area contributed by atoms with Gasteiger partial charge in [-0.1, -0.05) is 72.9 Å². The Balaban J connectivity index is 1.34. The van der Waals surface area contributed by atoms with E-state index >= 15 is 0 Å². The first-order valence-corrected chi connectivity index (χ1v) is 18.4. The molecule has 53 heavy (non-hydrogen) atoms. The van der Waals surface area contributed by atoms with Crippen LogP contribution in [0.25, 0.3) is 0 Å². The topological polar surface area (TPSA) is 186 Å². The zero-order valence-electron chi connectivity index (χ0n) is 30.5. The summed E-state index contributed by atoms with van der Waals surface area (Å²) in [6.07, 6.45) is 3.25. The zero-order valence-corrected chi connectivity index (χ0v) is 31.4. The molecule has 2 aromatic carbocycles. The van der Waals surface area contributed by atoms with E-state index in [-0.39, 0.29) is 37.2 Å². The average molecular weight is 746 g/mol. The van der Waals surface area contributed by atoms with Gasteiger partial charge in [0.05, 0.1) is 24.6 Å². The molecule has 4 aromatic rings. The summed E-state index contributed by atoms with van der Waals surface area (Å²) in [6.45, 7) is 6.41. The summed E-state index contributed by atoms with van der Waals surface area (Å²) < 4.78 is 10.7. The molecule has 3 N–H and O–H groups in total. The van der Waals surface area contributed by atoms with Crippen molar-refractivity contribution in [2.24, 2.45) is 0 Å². The highest BCUT2D eigenvalue weighted by Crippen LogP contribution is 2.27. The normalized spacial score (nSPS) is 11.7. The van der Waals surface area contributed by atoms with E-state index in [1.807, 2.05) is 43.3 Å². The smallest absolute Gasteiger partial charge is 0.407 e. The second-order valence-electron chi connectivity index (χ2n) is 13.3. The summed E-state index contributed by atoms with van der Waals surface area (Å²) in [6, 6.07) is 20.0. The molecule has 2 heterocycles. The van der Waals surface area contributed by atoms with Crippen LogP contribution in [-0.4, -0.2) is 68.3 Å². The second-order valence-corrected chi connectivity index (χ2v) is 14.3. The number of esters is 1. The van der Waals surface area contributed by atoms with Crippen molar-refractivity contribution < 1.29 is 33.8 Å². The van der Waals surface area contributed by atoms with Gasteiger partial charge >= 0.3 is 12.1 Å². The maximum atomic E-state index is 14.0. The summed E-state index contributed by atoms with van der Waals surface area (Å²) >= 11 is 1.21. The fourth-order valence-corrected chi connectivity index (χ4v) is 5.99. The first-order chi connectivity index (χ1) is 25.4. The van der Waals surface area contributed by atoms with E-state index in [4.69, 9.17) is 9.47 Å². The molecule has 1 atom stereocenters. The molecule has 0 spiro atoms. The number of ether oxygens (including phenoxy) is 2. The van der Waals surface area contributed by atoms with Gasteiger partial charge in [0.15, 0.2) is 12.5 Å². The minimum absolute atomic E-state index is 0.151. The number of aryl methyl sites for hydroxylation is 2. The van der Waals surface area contributed by atoms with Gasteiger partial charge in [-0.25, -0.2) is 4.79 Å². The largest absolute Gasteiger partial charge is 0.444 e. The van der Waals surface area contributed by atoms with Crippen molar-refractivity contribution in [1.29, 1.82) is 0 Å². The quantitative estimate of drug-likeness (QED) is 0.0663. The maximum absolute atomic E-state index is 14.0. The molecule has 4 rings (SSSR count). The third kappa shape index (κ3) is 13.7. The number of nitrogens with one attached hydrogen (secondary N) is 2. The number of aliphatic hydroxyl groups excluding tert-OH is 1. The van der Waals surface area contributed by atoms with Crippen molar-refractivity contribution in [3.8, 4) is 0 Å². The van der Waals surface area contributed by atoms with Gasteiger partial charge in [0.1, 0.15) is 10.6 Å². The van der Waals surface area contributed by atoms with E-state index in [2.05, 4.69) is 31.0 Å². The maximum Gasteiger partial charge on any atom is 0.407 e. The van der Waals surface area contributed by atoms with Crippen molar-refractivity contribution in [2.45, 2.75) is 90.7 Å². The number of aromatic nitrogens is 4. The molecule has 14 nitrogen and oxygen atoms in total. The number of unbranched alkanes of at least 4 members (excludes halogenated alkanes) is 1. The lowest BCUT2D eigenvalue weighted by molar-refractivity contribution is -0.144. The van der Waals surface area contributed by atoms with Gasteiger partial charge in [0.25, 0.3) is 0 Å². The third-order valence-corrected chi connectivity index (χ3v) is 8.71. The number of amides is 3. The van der Waals surface area contributed by atoms with Gasteiger partial charge in [-0.05, 0) is 75.3 Å². The summed E-state index contributed by atoms with van der Waals surface area (Å²) in [5.41, 5.74) is 2.26. The number of hydrogen-bond acceptors (Lipinski definition) is 12. The van der Waals surface area contributed by atoms with Crippen LogP contribution in [0.3, 0.4) is 0 Å². The van der Waals surface area contributed by atoms with Crippen molar-refractivity contribution in [2.75, 3.05) is 23.6 Å². The van der Waals surface area contributed by atoms with E-state index in [1.54, 1.807) is 51.1 Å². The summed E-state index contributed by atoms with van der Waals surface area (Å²) in [7, 11) is 0. The van der Waals surface area contributed by atoms with Crippen LogP contribution in [0.4, 0.5) is 15.7 Å². The van der Waals surface area contributed by atoms with E-state index < -0.39 is 36.1 Å². The van der Waals surface area contributed by atoms with Crippen LogP contribution >= 0.6 is 11.3 Å². The van der Waals surface area contributed by atoms with Gasteiger partial charge in [-0.2, -0.15) is 5.10 Å². The van der Waals surface area contributed by atoms with Crippen molar-refractivity contribution in [1.82, 2.24) is 25.7 Å². The minimum atomic E-state index is -1.00. The summed E-state index contributed by atoms with van der Waals surface area (Å²) in [5, 5.41) is 33.7. The number of alkyl carbamates (subject to hydrolysis) is 1. The standard InChI is InChI=1S/C38H47N7O7S/c1-5-12-34(48)51-25-45(35(49)30(24-46)28-16-11-15-27(21-28)23-39-37(50)52-38(2,3)4)36-44-43-33(53-36)18-10-9-17-29-19-20-31(42-41-29)40-32(47)22-26-13-7-6-8-14-26/h6-8,11,13-16,19-21,30,46H,5,9-10,12,17-18,22-25H2,1-4H3,(H,39,50)(H,40,42,47). The molecule has 3 amide bonds. The number of aliphatic hydroxyl groups is 1.